The molecule has 0 aromatic heterocycles. The van der Waals surface area contributed by atoms with Gasteiger partial charge in [0.2, 0.25) is 0 Å². The molecule has 0 radical (unpaired) electrons. The maximum Gasteiger partial charge on any atom is 0.0511 e. The van der Waals surface area contributed by atoms with Gasteiger partial charge in [0.15, 0.2) is 0 Å². The second-order valence-electron chi connectivity index (χ2n) is 5.10. The zero-order chi connectivity index (χ0) is 11.6. The van der Waals surface area contributed by atoms with Crippen LogP contribution in [0.2, 0.25) is 0 Å². The molecule has 1 saturated heterocycles. The molecule has 1 aromatic rings. The van der Waals surface area contributed by atoms with Gasteiger partial charge in [-0.15, -0.1) is 0 Å². The molecular formula is C13H22N2S. The van der Waals surface area contributed by atoms with E-state index in [1.54, 1.807) is 0 Å². The number of rotatable bonds is 3. The molecule has 1 fully saturated rings. The van der Waals surface area contributed by atoms with Crippen LogP contribution in [0.15, 0.2) is 35.2 Å². The Kier molecular flexibility index (Phi) is 3.57. The van der Waals surface area contributed by atoms with Gasteiger partial charge in [-0.05, 0) is 24.5 Å². The maximum atomic E-state index is 2.57. The second kappa shape index (κ2) is 4.78. The van der Waals surface area contributed by atoms with Gasteiger partial charge >= 0.3 is 0 Å². The normalized spacial score (nSPS) is 20.2. The fourth-order valence-electron chi connectivity index (χ4n) is 2.22. The van der Waals surface area contributed by atoms with Crippen LogP contribution in [0.1, 0.15) is 0 Å². The Morgan fingerprint density at radius 3 is 2.38 bits per heavy atom. The van der Waals surface area contributed by atoms with Gasteiger partial charge in [-0.1, -0.05) is 30.3 Å². The zero-order valence-electron chi connectivity index (χ0n) is 10.5. The number of likely N-dealkylation sites (N-methyl/N-ethyl adjacent to an activating group) is 1. The van der Waals surface area contributed by atoms with Crippen LogP contribution in [0.3, 0.4) is 0 Å². The highest BCUT2D eigenvalue weighted by molar-refractivity contribution is 8.32. The van der Waals surface area contributed by atoms with Crippen LogP contribution < -0.4 is 0 Å². The first kappa shape index (κ1) is 12.0. The van der Waals surface area contributed by atoms with Crippen LogP contribution >= 0.6 is 10.0 Å². The molecule has 0 aliphatic carbocycles. The van der Waals surface area contributed by atoms with Crippen molar-refractivity contribution < 1.29 is 0 Å². The van der Waals surface area contributed by atoms with Gasteiger partial charge in [-0.25, -0.2) is 10.0 Å². The lowest BCUT2D eigenvalue weighted by atomic mass is 10.4. The van der Waals surface area contributed by atoms with Gasteiger partial charge in [0.05, 0.1) is 6.67 Å². The summed E-state index contributed by atoms with van der Waals surface area (Å²) in [6.07, 6.45) is 4.83. The van der Waals surface area contributed by atoms with Crippen LogP contribution in [0.5, 0.6) is 0 Å². The van der Waals surface area contributed by atoms with Gasteiger partial charge in [-0.3, -0.25) is 9.80 Å². The van der Waals surface area contributed by atoms with Crippen molar-refractivity contribution in [1.29, 1.82) is 0 Å². The molecule has 16 heavy (non-hydrogen) atoms. The summed E-state index contributed by atoms with van der Waals surface area (Å²) < 4.78 is 0. The van der Waals surface area contributed by atoms with Crippen molar-refractivity contribution in [2.45, 2.75) is 4.90 Å². The van der Waals surface area contributed by atoms with E-state index >= 15 is 0 Å². The number of nitrogens with zero attached hydrogens (tertiary/aromatic N) is 2. The van der Waals surface area contributed by atoms with Crippen molar-refractivity contribution in [2.75, 3.05) is 45.2 Å². The molecule has 1 heterocycles. The monoisotopic (exact) mass is 238 g/mol. The summed E-state index contributed by atoms with van der Waals surface area (Å²) in [4.78, 5) is 6.48. The fraction of sp³-hybridized carbons (Fsp3) is 0.538. The highest BCUT2D eigenvalue weighted by Crippen LogP contribution is 2.49. The lowest BCUT2D eigenvalue weighted by Crippen LogP contribution is -2.27. The van der Waals surface area contributed by atoms with Crippen LogP contribution in [0.25, 0.3) is 0 Å². The second-order valence-corrected chi connectivity index (χ2v) is 8.90. The molecule has 0 atom stereocenters. The number of hydrogen-bond acceptors (Lipinski definition) is 2. The van der Waals surface area contributed by atoms with Crippen molar-refractivity contribution >= 4 is 10.0 Å². The summed E-state index contributed by atoms with van der Waals surface area (Å²) in [6.45, 7) is 3.56. The van der Waals surface area contributed by atoms with Crippen molar-refractivity contribution in [2.24, 2.45) is 0 Å². The van der Waals surface area contributed by atoms with Crippen LogP contribution in [0.4, 0.5) is 0 Å². The predicted octanol–water partition coefficient (Wildman–Crippen LogP) is 2.27. The topological polar surface area (TPSA) is 6.48 Å². The van der Waals surface area contributed by atoms with E-state index in [2.05, 4.69) is 59.7 Å². The standard InChI is InChI=1S/C13H22N2S/c1-14-9-10-15(11-14)12-16(2,3)13-7-5-4-6-8-13/h4-8H,9-12H2,1-3H3. The van der Waals surface area contributed by atoms with Crippen LogP contribution in [-0.2, 0) is 0 Å². The third-order valence-electron chi connectivity index (χ3n) is 3.13. The summed E-state index contributed by atoms with van der Waals surface area (Å²) in [5, 5.41) is 0. The molecule has 90 valence electrons. The zero-order valence-corrected chi connectivity index (χ0v) is 11.3. The Balaban J connectivity index is 2.03. The number of benzene rings is 1. The molecule has 2 rings (SSSR count). The summed E-state index contributed by atoms with van der Waals surface area (Å²) in [5.74, 6) is 1.22. The predicted molar refractivity (Wildman–Crippen MR) is 73.2 cm³/mol. The first-order chi connectivity index (χ1) is 7.58. The maximum absolute atomic E-state index is 2.57. The third kappa shape index (κ3) is 2.78. The molecule has 1 aliphatic rings. The van der Waals surface area contributed by atoms with Crippen LogP contribution in [-0.4, -0.2) is 55.0 Å². The van der Waals surface area contributed by atoms with E-state index in [1.165, 1.54) is 23.9 Å². The molecule has 3 heteroatoms. The Morgan fingerprint density at radius 1 is 1.12 bits per heavy atom. The largest absolute Gasteiger partial charge is 0.292 e. The van der Waals surface area contributed by atoms with E-state index < -0.39 is 10.0 Å². The molecule has 0 spiro atoms. The minimum absolute atomic E-state index is 0.668. The summed E-state index contributed by atoms with van der Waals surface area (Å²) in [7, 11) is 1.53. The van der Waals surface area contributed by atoms with Gasteiger partial charge in [0, 0.05) is 19.0 Å². The molecule has 1 aromatic carbocycles. The molecule has 2 nitrogen and oxygen atoms in total. The van der Waals surface area contributed by atoms with Crippen molar-refractivity contribution in [3.8, 4) is 0 Å². The first-order valence-corrected chi connectivity index (χ1v) is 8.37. The Morgan fingerprint density at radius 2 is 1.81 bits per heavy atom. The van der Waals surface area contributed by atoms with Gasteiger partial charge in [-0.2, -0.15) is 0 Å². The molecule has 0 bridgehead atoms. The highest BCUT2D eigenvalue weighted by atomic mass is 32.3. The lowest BCUT2D eigenvalue weighted by Gasteiger charge is -2.35. The third-order valence-corrected chi connectivity index (χ3v) is 5.68. The van der Waals surface area contributed by atoms with E-state index in [0.29, 0.717) is 0 Å². The number of hydrogen-bond donors (Lipinski definition) is 0. The molecule has 0 unspecified atom stereocenters. The Labute approximate surface area is 101 Å². The van der Waals surface area contributed by atoms with E-state index in [-0.39, 0.29) is 0 Å². The summed E-state index contributed by atoms with van der Waals surface area (Å²) in [6, 6.07) is 11.0. The Hall–Kier alpha value is -0.510. The van der Waals surface area contributed by atoms with Crippen molar-refractivity contribution in [1.82, 2.24) is 9.80 Å². The van der Waals surface area contributed by atoms with E-state index in [9.17, 15) is 0 Å². The molecule has 0 N–H and O–H groups in total. The van der Waals surface area contributed by atoms with Crippen molar-refractivity contribution in [3.63, 3.8) is 0 Å². The smallest absolute Gasteiger partial charge is 0.0511 e. The quantitative estimate of drug-likeness (QED) is 0.797. The first-order valence-electron chi connectivity index (χ1n) is 5.75. The van der Waals surface area contributed by atoms with E-state index in [1.807, 2.05) is 0 Å². The lowest BCUT2D eigenvalue weighted by molar-refractivity contribution is 0.308. The van der Waals surface area contributed by atoms with Crippen LogP contribution in [0, 0.1) is 0 Å². The SMILES string of the molecule is CN1CCN(CS(C)(C)c2ccccc2)C1. The van der Waals surface area contributed by atoms with E-state index in [4.69, 9.17) is 0 Å². The van der Waals surface area contributed by atoms with Gasteiger partial charge < -0.3 is 0 Å². The van der Waals surface area contributed by atoms with Crippen molar-refractivity contribution in [3.05, 3.63) is 30.3 Å². The summed E-state index contributed by atoms with van der Waals surface area (Å²) >= 11 is 0. The van der Waals surface area contributed by atoms with Gasteiger partial charge in [0.1, 0.15) is 0 Å². The Bertz CT molecular complexity index is 337. The van der Waals surface area contributed by atoms with E-state index in [0.717, 1.165) is 6.67 Å². The average molecular weight is 238 g/mol. The molecule has 1 aliphatic heterocycles. The highest BCUT2D eigenvalue weighted by Gasteiger charge is 2.23. The minimum atomic E-state index is -0.668. The molecule has 0 amide bonds. The average Bonchev–Trinajstić information content (AvgIpc) is 2.64. The fourth-order valence-corrected chi connectivity index (χ4v) is 4.39. The van der Waals surface area contributed by atoms with Gasteiger partial charge in [0.25, 0.3) is 0 Å². The minimum Gasteiger partial charge on any atom is -0.292 e. The molecule has 0 saturated carbocycles. The summed E-state index contributed by atoms with van der Waals surface area (Å²) in [5.41, 5.74) is 0. The molecular weight excluding hydrogens is 216 g/mol.